The van der Waals surface area contributed by atoms with Crippen LogP contribution in [0.25, 0.3) is 0 Å². The molecule has 0 unspecified atom stereocenters. The van der Waals surface area contributed by atoms with Crippen LogP contribution in [0.15, 0.2) is 0 Å². The predicted octanol–water partition coefficient (Wildman–Crippen LogP) is 3.15. The van der Waals surface area contributed by atoms with Gasteiger partial charge in [-0.25, -0.2) is 9.97 Å². The number of ether oxygens (including phenoxy) is 1. The predicted molar refractivity (Wildman–Crippen MR) is 74.0 cm³/mol. The van der Waals surface area contributed by atoms with Crippen LogP contribution in [-0.2, 0) is 17.8 Å². The van der Waals surface area contributed by atoms with E-state index in [9.17, 15) is 13.2 Å². The number of nitrogens with zero attached hydrogens (tertiary/aromatic N) is 2. The van der Waals surface area contributed by atoms with E-state index < -0.39 is 12.8 Å². The van der Waals surface area contributed by atoms with Gasteiger partial charge in [-0.3, -0.25) is 0 Å². The molecule has 0 saturated carbocycles. The first kappa shape index (κ1) is 16.4. The highest BCUT2D eigenvalue weighted by atomic mass is 127. The van der Waals surface area contributed by atoms with Gasteiger partial charge in [-0.15, -0.1) is 0 Å². The lowest BCUT2D eigenvalue weighted by molar-refractivity contribution is -0.177. The number of aromatic nitrogens is 2. The maximum Gasteiger partial charge on any atom is 0.411 e. The Balaban J connectivity index is 2.80. The summed E-state index contributed by atoms with van der Waals surface area (Å²) in [7, 11) is 0. The molecule has 1 aromatic rings. The van der Waals surface area contributed by atoms with Crippen LogP contribution in [0.4, 0.5) is 19.0 Å². The summed E-state index contributed by atoms with van der Waals surface area (Å²) >= 11 is 2.12. The minimum atomic E-state index is -4.33. The maximum atomic E-state index is 12.0. The Kier molecular flexibility index (Phi) is 6.24. The van der Waals surface area contributed by atoms with Crippen molar-refractivity contribution in [2.75, 3.05) is 18.5 Å². The van der Waals surface area contributed by atoms with E-state index in [-0.39, 0.29) is 12.4 Å². The molecule has 0 saturated heterocycles. The van der Waals surface area contributed by atoms with Crippen LogP contribution in [0.1, 0.15) is 25.4 Å². The van der Waals surface area contributed by atoms with Crippen molar-refractivity contribution >= 4 is 28.4 Å². The van der Waals surface area contributed by atoms with E-state index in [1.807, 2.05) is 13.8 Å². The summed E-state index contributed by atoms with van der Waals surface area (Å²) in [6, 6.07) is 0. The number of anilines is 1. The zero-order valence-electron chi connectivity index (χ0n) is 10.6. The molecule has 1 heterocycles. The number of halogens is 4. The van der Waals surface area contributed by atoms with E-state index in [0.717, 1.165) is 9.26 Å². The van der Waals surface area contributed by atoms with Crippen LogP contribution >= 0.6 is 22.6 Å². The zero-order chi connectivity index (χ0) is 14.5. The molecule has 1 N–H and O–H groups in total. The van der Waals surface area contributed by atoms with Gasteiger partial charge in [-0.05, 0) is 35.9 Å². The second-order valence-electron chi connectivity index (χ2n) is 3.74. The molecule has 0 atom stereocenters. The smallest absolute Gasteiger partial charge is 0.369 e. The highest BCUT2D eigenvalue weighted by Gasteiger charge is 2.27. The standard InChI is InChI=1S/C11H15F3IN3O/c1-3-7-9(15)10(16-4-2)18-8(17-7)5-19-6-11(12,13)14/h3-6H2,1-2H3,(H,16,17,18). The number of aryl methyl sites for hydroxylation is 1. The molecule has 108 valence electrons. The van der Waals surface area contributed by atoms with Crippen molar-refractivity contribution in [3.63, 3.8) is 0 Å². The van der Waals surface area contributed by atoms with Crippen molar-refractivity contribution in [3.05, 3.63) is 15.1 Å². The van der Waals surface area contributed by atoms with Gasteiger partial charge in [-0.1, -0.05) is 6.92 Å². The van der Waals surface area contributed by atoms with E-state index in [4.69, 9.17) is 0 Å². The molecule has 8 heteroatoms. The van der Waals surface area contributed by atoms with Crippen molar-refractivity contribution < 1.29 is 17.9 Å². The van der Waals surface area contributed by atoms with Crippen LogP contribution in [0.3, 0.4) is 0 Å². The summed E-state index contributed by atoms with van der Waals surface area (Å²) in [5.41, 5.74) is 0.803. The molecule has 0 spiro atoms. The Hall–Kier alpha value is -0.640. The van der Waals surface area contributed by atoms with Gasteiger partial charge in [0.15, 0.2) is 5.82 Å². The quantitative estimate of drug-likeness (QED) is 0.760. The molecule has 0 aliphatic rings. The number of hydrogen-bond donors (Lipinski definition) is 1. The van der Waals surface area contributed by atoms with E-state index >= 15 is 0 Å². The number of hydrogen-bond acceptors (Lipinski definition) is 4. The fourth-order valence-corrected chi connectivity index (χ4v) is 2.20. The average molecular weight is 389 g/mol. The summed E-state index contributed by atoms with van der Waals surface area (Å²) in [5, 5.41) is 3.06. The summed E-state index contributed by atoms with van der Waals surface area (Å²) in [6.07, 6.45) is -3.65. The highest BCUT2D eigenvalue weighted by molar-refractivity contribution is 14.1. The van der Waals surface area contributed by atoms with Gasteiger partial charge in [0.05, 0.1) is 9.26 Å². The monoisotopic (exact) mass is 389 g/mol. The summed E-state index contributed by atoms with van der Waals surface area (Å²) in [6.45, 7) is 2.99. The third kappa shape index (κ3) is 5.47. The van der Waals surface area contributed by atoms with Gasteiger partial charge in [-0.2, -0.15) is 13.2 Å². The molecular formula is C11H15F3IN3O. The molecule has 19 heavy (non-hydrogen) atoms. The minimum absolute atomic E-state index is 0.248. The first-order chi connectivity index (χ1) is 8.87. The van der Waals surface area contributed by atoms with Crippen LogP contribution in [0, 0.1) is 3.57 Å². The Morgan fingerprint density at radius 1 is 1.26 bits per heavy atom. The van der Waals surface area contributed by atoms with Crippen LogP contribution < -0.4 is 5.32 Å². The van der Waals surface area contributed by atoms with Crippen LogP contribution in [0.5, 0.6) is 0 Å². The highest BCUT2D eigenvalue weighted by Crippen LogP contribution is 2.20. The SMILES string of the molecule is CCNc1nc(COCC(F)(F)F)nc(CC)c1I. The Morgan fingerprint density at radius 3 is 2.47 bits per heavy atom. The molecule has 0 fully saturated rings. The van der Waals surface area contributed by atoms with Gasteiger partial charge in [0.25, 0.3) is 0 Å². The molecule has 1 rings (SSSR count). The number of nitrogens with one attached hydrogen (secondary N) is 1. The lowest BCUT2D eigenvalue weighted by Crippen LogP contribution is -2.18. The van der Waals surface area contributed by atoms with Crippen LogP contribution in [-0.4, -0.2) is 29.3 Å². The zero-order valence-corrected chi connectivity index (χ0v) is 12.8. The van der Waals surface area contributed by atoms with Crippen LogP contribution in [0.2, 0.25) is 0 Å². The van der Waals surface area contributed by atoms with E-state index in [0.29, 0.717) is 18.8 Å². The van der Waals surface area contributed by atoms with E-state index in [2.05, 4.69) is 42.6 Å². The van der Waals surface area contributed by atoms with Crippen molar-refractivity contribution in [1.82, 2.24) is 9.97 Å². The summed E-state index contributed by atoms with van der Waals surface area (Å²) in [5.74, 6) is 0.901. The molecule has 0 aliphatic heterocycles. The van der Waals surface area contributed by atoms with Crippen molar-refractivity contribution in [2.45, 2.75) is 33.1 Å². The molecule has 0 bridgehead atoms. The average Bonchev–Trinajstić information content (AvgIpc) is 2.31. The fourth-order valence-electron chi connectivity index (χ4n) is 1.39. The van der Waals surface area contributed by atoms with Gasteiger partial charge in [0.2, 0.25) is 0 Å². The van der Waals surface area contributed by atoms with Gasteiger partial charge >= 0.3 is 6.18 Å². The normalized spacial score (nSPS) is 11.7. The van der Waals surface area contributed by atoms with Crippen molar-refractivity contribution in [3.8, 4) is 0 Å². The third-order valence-electron chi connectivity index (χ3n) is 2.14. The molecule has 0 aliphatic carbocycles. The lowest BCUT2D eigenvalue weighted by Gasteiger charge is -2.12. The van der Waals surface area contributed by atoms with Gasteiger partial charge < -0.3 is 10.1 Å². The molecular weight excluding hydrogens is 374 g/mol. The number of rotatable bonds is 6. The summed E-state index contributed by atoms with van der Waals surface area (Å²) < 4.78 is 41.4. The van der Waals surface area contributed by atoms with Gasteiger partial charge in [0.1, 0.15) is 19.0 Å². The lowest BCUT2D eigenvalue weighted by atomic mass is 10.3. The summed E-state index contributed by atoms with van der Waals surface area (Å²) in [4.78, 5) is 8.37. The van der Waals surface area contributed by atoms with Crippen molar-refractivity contribution in [1.29, 1.82) is 0 Å². The second kappa shape index (κ2) is 7.22. The second-order valence-corrected chi connectivity index (χ2v) is 4.82. The molecule has 1 aromatic heterocycles. The van der Waals surface area contributed by atoms with Gasteiger partial charge in [0, 0.05) is 6.54 Å². The molecule has 0 aromatic carbocycles. The third-order valence-corrected chi connectivity index (χ3v) is 3.28. The largest absolute Gasteiger partial charge is 0.411 e. The maximum absolute atomic E-state index is 12.0. The van der Waals surface area contributed by atoms with E-state index in [1.165, 1.54) is 0 Å². The molecule has 0 amide bonds. The molecule has 0 radical (unpaired) electrons. The van der Waals surface area contributed by atoms with E-state index in [1.54, 1.807) is 0 Å². The Morgan fingerprint density at radius 2 is 1.95 bits per heavy atom. The first-order valence-electron chi connectivity index (χ1n) is 5.81. The fraction of sp³-hybridized carbons (Fsp3) is 0.636. The Bertz CT molecular complexity index is 426. The molecule has 4 nitrogen and oxygen atoms in total. The minimum Gasteiger partial charge on any atom is -0.369 e. The first-order valence-corrected chi connectivity index (χ1v) is 6.88. The van der Waals surface area contributed by atoms with Crippen molar-refractivity contribution in [2.24, 2.45) is 0 Å². The Labute approximate surface area is 123 Å². The topological polar surface area (TPSA) is 47.0 Å². The number of alkyl halides is 3.